The van der Waals surface area contributed by atoms with Crippen molar-refractivity contribution >= 4 is 33.9 Å². The first-order valence-electron chi connectivity index (χ1n) is 10.5. The van der Waals surface area contributed by atoms with Crippen molar-refractivity contribution in [3.8, 4) is 11.5 Å². The van der Waals surface area contributed by atoms with Crippen molar-refractivity contribution < 1.29 is 29.0 Å². The lowest BCUT2D eigenvalue weighted by Gasteiger charge is -2.33. The molecule has 3 aromatic carbocycles. The lowest BCUT2D eigenvalue weighted by Crippen LogP contribution is -2.35. The minimum atomic E-state index is -0.833. The molecule has 1 heterocycles. The lowest BCUT2D eigenvalue weighted by molar-refractivity contribution is 0.0596. The second kappa shape index (κ2) is 7.45. The van der Waals surface area contributed by atoms with Gasteiger partial charge in [-0.15, -0.1) is 0 Å². The molecule has 164 valence electrons. The number of hydrogen-bond donors (Lipinski definition) is 1. The van der Waals surface area contributed by atoms with Gasteiger partial charge in [0.1, 0.15) is 23.2 Å². The van der Waals surface area contributed by atoms with E-state index in [-0.39, 0.29) is 50.7 Å². The number of ether oxygens (including phenoxy) is 2. The topological polar surface area (TPSA) is 89.9 Å². The lowest BCUT2D eigenvalue weighted by atomic mass is 9.75. The van der Waals surface area contributed by atoms with Crippen LogP contribution in [0.25, 0.3) is 16.3 Å². The molecule has 0 saturated carbocycles. The van der Waals surface area contributed by atoms with Gasteiger partial charge in [-0.3, -0.25) is 9.59 Å². The van der Waals surface area contributed by atoms with Gasteiger partial charge in [0.15, 0.2) is 11.6 Å². The van der Waals surface area contributed by atoms with E-state index in [0.717, 1.165) is 5.57 Å². The maximum absolute atomic E-state index is 13.8. The van der Waals surface area contributed by atoms with E-state index in [9.17, 15) is 19.5 Å². The van der Waals surface area contributed by atoms with Crippen molar-refractivity contribution in [3.63, 3.8) is 0 Å². The monoisotopic (exact) mass is 440 g/mol. The summed E-state index contributed by atoms with van der Waals surface area (Å²) in [6, 6.07) is 13.5. The molecule has 5 rings (SSSR count). The Kier molecular flexibility index (Phi) is 4.67. The Morgan fingerprint density at radius 2 is 1.58 bits per heavy atom. The van der Waals surface area contributed by atoms with E-state index in [1.54, 1.807) is 54.6 Å². The average Bonchev–Trinajstić information content (AvgIpc) is 2.82. The average molecular weight is 440 g/mol. The molecule has 1 atom stereocenters. The summed E-state index contributed by atoms with van der Waals surface area (Å²) in [7, 11) is 1.19. The van der Waals surface area contributed by atoms with Crippen molar-refractivity contribution in [3.05, 3.63) is 88.0 Å². The number of aromatic hydroxyl groups is 1. The van der Waals surface area contributed by atoms with E-state index in [1.165, 1.54) is 7.11 Å². The number of phenolic OH excluding ortho intramolecular Hbond substituents is 1. The van der Waals surface area contributed by atoms with Gasteiger partial charge in [0, 0.05) is 33.0 Å². The third-order valence-corrected chi connectivity index (χ3v) is 5.95. The highest BCUT2D eigenvalue weighted by molar-refractivity contribution is 6.43. The van der Waals surface area contributed by atoms with E-state index < -0.39 is 17.9 Å². The molecule has 6 heteroatoms. The molecule has 0 aromatic heterocycles. The molecule has 0 saturated heterocycles. The number of hydrogen-bond acceptors (Lipinski definition) is 6. The predicted octanol–water partition coefficient (Wildman–Crippen LogP) is 4.89. The maximum Gasteiger partial charge on any atom is 0.342 e. The molecule has 0 amide bonds. The Bertz CT molecular complexity index is 1450. The molecule has 0 spiro atoms. The van der Waals surface area contributed by atoms with Gasteiger partial charge in [0.25, 0.3) is 0 Å². The summed E-state index contributed by atoms with van der Waals surface area (Å²) >= 11 is 0. The number of phenols is 1. The van der Waals surface area contributed by atoms with Crippen LogP contribution in [0, 0.1) is 0 Å². The molecule has 2 aliphatic rings. The van der Waals surface area contributed by atoms with Crippen LogP contribution in [0.1, 0.15) is 50.5 Å². The highest BCUT2D eigenvalue weighted by Crippen LogP contribution is 2.50. The molecule has 33 heavy (non-hydrogen) atoms. The van der Waals surface area contributed by atoms with Crippen LogP contribution in [0.2, 0.25) is 0 Å². The predicted molar refractivity (Wildman–Crippen MR) is 123 cm³/mol. The van der Waals surface area contributed by atoms with Crippen molar-refractivity contribution in [1.82, 2.24) is 0 Å². The molecule has 3 aromatic rings. The van der Waals surface area contributed by atoms with E-state index in [0.29, 0.717) is 10.8 Å². The van der Waals surface area contributed by atoms with Crippen LogP contribution in [0.5, 0.6) is 11.5 Å². The third kappa shape index (κ3) is 2.91. The first kappa shape index (κ1) is 20.7. The van der Waals surface area contributed by atoms with Gasteiger partial charge in [0.2, 0.25) is 0 Å². The van der Waals surface area contributed by atoms with E-state index >= 15 is 0 Å². The fourth-order valence-corrected chi connectivity index (χ4v) is 4.57. The quantitative estimate of drug-likeness (QED) is 0.451. The minimum Gasteiger partial charge on any atom is -0.506 e. The van der Waals surface area contributed by atoms with Crippen LogP contribution in [-0.4, -0.2) is 35.9 Å². The third-order valence-electron chi connectivity index (χ3n) is 5.95. The van der Waals surface area contributed by atoms with Crippen LogP contribution in [0.15, 0.2) is 65.8 Å². The summed E-state index contributed by atoms with van der Waals surface area (Å²) in [6.07, 6.45) is 0.942. The number of rotatable bonds is 2. The molecule has 1 N–H and O–H groups in total. The number of allylic oxidation sites excluding steroid dienone is 2. The Morgan fingerprint density at radius 3 is 2.21 bits per heavy atom. The van der Waals surface area contributed by atoms with Crippen molar-refractivity contribution in [2.75, 3.05) is 7.11 Å². The number of ketones is 2. The number of carbonyl (C=O) groups excluding carboxylic acids is 3. The highest BCUT2D eigenvalue weighted by atomic mass is 16.5. The van der Waals surface area contributed by atoms with Crippen LogP contribution in [0.3, 0.4) is 0 Å². The Labute approximate surface area is 189 Å². The molecule has 1 aliphatic carbocycles. The second-order valence-electron chi connectivity index (χ2n) is 8.24. The van der Waals surface area contributed by atoms with Crippen molar-refractivity contribution in [2.24, 2.45) is 0 Å². The molecule has 1 aliphatic heterocycles. The number of Topliss-reactive ketones (excluding diaryl/α,β-unsaturated/α-hetero) is 2. The first-order valence-corrected chi connectivity index (χ1v) is 10.5. The fraction of sp³-hybridized carbons (Fsp3) is 0.148. The number of methoxy groups -OCH3 is 1. The Balaban J connectivity index is 1.97. The first-order chi connectivity index (χ1) is 15.8. The smallest absolute Gasteiger partial charge is 0.342 e. The van der Waals surface area contributed by atoms with Gasteiger partial charge in [-0.05, 0) is 19.9 Å². The van der Waals surface area contributed by atoms with Crippen LogP contribution in [0.4, 0.5) is 0 Å². The van der Waals surface area contributed by atoms with Gasteiger partial charge in [-0.25, -0.2) is 4.79 Å². The van der Waals surface area contributed by atoms with E-state index in [1.807, 2.05) is 13.8 Å². The van der Waals surface area contributed by atoms with Gasteiger partial charge in [0.05, 0.1) is 12.7 Å². The largest absolute Gasteiger partial charge is 0.506 e. The highest BCUT2D eigenvalue weighted by Gasteiger charge is 2.44. The summed E-state index contributed by atoms with van der Waals surface area (Å²) in [4.78, 5) is 40.2. The molecule has 0 fully saturated rings. The van der Waals surface area contributed by atoms with Gasteiger partial charge < -0.3 is 14.6 Å². The minimum absolute atomic E-state index is 0.0592. The van der Waals surface area contributed by atoms with Crippen LogP contribution >= 0.6 is 0 Å². The molecular formula is C27H20O6. The number of esters is 1. The standard InChI is InChI=1S/C27H20O6/c1-13(2)12-18-19-20(24(29)15-9-5-4-8-14(15)23(19)28)21-22(27(31)32-3)25(30)16-10-6-7-11-17(16)26(21)33-18/h4-12,18,30H,1-3H3. The maximum atomic E-state index is 13.8. The number of fused-ring (bicyclic) bond motifs is 5. The zero-order valence-corrected chi connectivity index (χ0v) is 18.3. The van der Waals surface area contributed by atoms with Gasteiger partial charge >= 0.3 is 5.97 Å². The number of carbonyl (C=O) groups is 3. The molecule has 0 radical (unpaired) electrons. The molecule has 1 unspecified atom stereocenters. The fourth-order valence-electron chi connectivity index (χ4n) is 4.57. The normalized spacial score (nSPS) is 16.5. The molecular weight excluding hydrogens is 420 g/mol. The summed E-state index contributed by atoms with van der Waals surface area (Å²) < 4.78 is 11.3. The van der Waals surface area contributed by atoms with E-state index in [4.69, 9.17) is 9.47 Å². The summed E-state index contributed by atoms with van der Waals surface area (Å²) in [5.41, 5.74) is 1.51. The van der Waals surface area contributed by atoms with Crippen LogP contribution < -0.4 is 4.74 Å². The summed E-state index contributed by atoms with van der Waals surface area (Å²) in [6.45, 7) is 3.74. The van der Waals surface area contributed by atoms with E-state index in [2.05, 4.69) is 0 Å². The Morgan fingerprint density at radius 1 is 0.970 bits per heavy atom. The Hall–Kier alpha value is -4.19. The zero-order chi connectivity index (χ0) is 23.4. The number of benzene rings is 3. The van der Waals surface area contributed by atoms with Crippen LogP contribution in [-0.2, 0) is 4.74 Å². The van der Waals surface area contributed by atoms with Crippen molar-refractivity contribution in [1.29, 1.82) is 0 Å². The van der Waals surface area contributed by atoms with Crippen molar-refractivity contribution in [2.45, 2.75) is 20.0 Å². The van der Waals surface area contributed by atoms with Gasteiger partial charge in [-0.1, -0.05) is 54.1 Å². The summed E-state index contributed by atoms with van der Waals surface area (Å²) in [5.74, 6) is -1.66. The zero-order valence-electron chi connectivity index (χ0n) is 18.3. The van der Waals surface area contributed by atoms with Gasteiger partial charge in [-0.2, -0.15) is 0 Å². The second-order valence-corrected chi connectivity index (χ2v) is 8.24. The SMILES string of the molecule is COC(=O)c1c2c(c3ccccc3c1O)OC(C=C(C)C)C1=C2C(=O)c2ccccc2C1=O. The molecule has 0 bridgehead atoms. The molecule has 6 nitrogen and oxygen atoms in total. The summed E-state index contributed by atoms with van der Waals surface area (Å²) in [5, 5.41) is 12.0.